The summed E-state index contributed by atoms with van der Waals surface area (Å²) in [4.78, 5) is 10.6. The van der Waals surface area contributed by atoms with Crippen LogP contribution >= 0.6 is 0 Å². The zero-order chi connectivity index (χ0) is 14.5. The Balaban J connectivity index is 1.85. The first-order chi connectivity index (χ1) is 9.58. The highest BCUT2D eigenvalue weighted by Gasteiger charge is 2.19. The number of benzene rings is 1. The summed E-state index contributed by atoms with van der Waals surface area (Å²) in [6.07, 6.45) is 3.78. The third-order valence-corrected chi connectivity index (χ3v) is 4.18. The molecular formula is C15H22N2O3. The van der Waals surface area contributed by atoms with Gasteiger partial charge in [-0.05, 0) is 50.6 Å². The summed E-state index contributed by atoms with van der Waals surface area (Å²) in [6.45, 7) is 3.37. The third kappa shape index (κ3) is 3.77. The van der Waals surface area contributed by atoms with Crippen LogP contribution in [0.15, 0.2) is 18.2 Å². The number of nitrogens with one attached hydrogen (secondary N) is 1. The van der Waals surface area contributed by atoms with E-state index in [9.17, 15) is 15.2 Å². The first-order valence-electron chi connectivity index (χ1n) is 7.19. The zero-order valence-electron chi connectivity index (χ0n) is 11.8. The molecule has 0 aliphatic heterocycles. The molecule has 0 spiro atoms. The van der Waals surface area contributed by atoms with Crippen molar-refractivity contribution >= 4 is 5.69 Å². The first-order valence-corrected chi connectivity index (χ1v) is 7.19. The lowest BCUT2D eigenvalue weighted by atomic mass is 9.87. The fourth-order valence-electron chi connectivity index (χ4n) is 2.82. The maximum atomic E-state index is 10.9. The van der Waals surface area contributed by atoms with Crippen molar-refractivity contribution in [3.8, 4) is 0 Å². The molecule has 1 aliphatic carbocycles. The minimum Gasteiger partial charge on any atom is -0.393 e. The Morgan fingerprint density at radius 3 is 2.70 bits per heavy atom. The fourth-order valence-corrected chi connectivity index (χ4v) is 2.82. The van der Waals surface area contributed by atoms with E-state index in [0.29, 0.717) is 12.5 Å². The van der Waals surface area contributed by atoms with Crippen molar-refractivity contribution in [1.82, 2.24) is 5.32 Å². The van der Waals surface area contributed by atoms with Crippen LogP contribution in [-0.4, -0.2) is 22.7 Å². The van der Waals surface area contributed by atoms with Gasteiger partial charge in [-0.25, -0.2) is 0 Å². The maximum absolute atomic E-state index is 10.9. The van der Waals surface area contributed by atoms with Crippen LogP contribution in [0, 0.1) is 23.0 Å². The van der Waals surface area contributed by atoms with Crippen molar-refractivity contribution in [2.24, 2.45) is 5.92 Å². The van der Waals surface area contributed by atoms with Crippen LogP contribution in [0.5, 0.6) is 0 Å². The van der Waals surface area contributed by atoms with Crippen LogP contribution in [0.25, 0.3) is 0 Å². The number of aliphatic hydroxyl groups is 1. The Kier molecular flexibility index (Phi) is 5.09. The molecule has 0 radical (unpaired) electrons. The van der Waals surface area contributed by atoms with E-state index in [1.54, 1.807) is 19.1 Å². The highest BCUT2D eigenvalue weighted by atomic mass is 16.6. The smallest absolute Gasteiger partial charge is 0.272 e. The molecule has 2 N–H and O–H groups in total. The molecule has 5 heteroatoms. The summed E-state index contributed by atoms with van der Waals surface area (Å²) < 4.78 is 0. The standard InChI is InChI=1S/C15H22N2O3/c1-11-13(3-2-4-15(11)17(19)20)10-16-9-12-5-7-14(18)8-6-12/h2-4,12,14,16,18H,5-10H2,1H3. The maximum Gasteiger partial charge on any atom is 0.272 e. The summed E-state index contributed by atoms with van der Waals surface area (Å²) in [5.74, 6) is 0.609. The number of rotatable bonds is 5. The molecule has 1 fully saturated rings. The fraction of sp³-hybridized carbons (Fsp3) is 0.600. The van der Waals surface area contributed by atoms with Crippen molar-refractivity contribution in [1.29, 1.82) is 0 Å². The quantitative estimate of drug-likeness (QED) is 0.641. The predicted molar refractivity (Wildman–Crippen MR) is 77.5 cm³/mol. The molecular weight excluding hydrogens is 256 g/mol. The van der Waals surface area contributed by atoms with Crippen molar-refractivity contribution < 1.29 is 10.0 Å². The van der Waals surface area contributed by atoms with Gasteiger partial charge in [0.05, 0.1) is 11.0 Å². The van der Waals surface area contributed by atoms with Gasteiger partial charge >= 0.3 is 0 Å². The van der Waals surface area contributed by atoms with Gasteiger partial charge in [0.2, 0.25) is 0 Å². The first kappa shape index (κ1) is 14.9. The molecule has 1 aromatic rings. The molecule has 110 valence electrons. The molecule has 0 amide bonds. The van der Waals surface area contributed by atoms with Crippen molar-refractivity contribution in [3.05, 3.63) is 39.4 Å². The van der Waals surface area contributed by atoms with E-state index in [4.69, 9.17) is 0 Å². The van der Waals surface area contributed by atoms with Crippen molar-refractivity contribution in [3.63, 3.8) is 0 Å². The zero-order valence-corrected chi connectivity index (χ0v) is 11.8. The Morgan fingerprint density at radius 2 is 2.05 bits per heavy atom. The predicted octanol–water partition coefficient (Wildman–Crippen LogP) is 2.54. The number of nitrogens with zero attached hydrogens (tertiary/aromatic N) is 1. The number of nitro benzene ring substituents is 1. The second-order valence-electron chi connectivity index (χ2n) is 5.62. The molecule has 2 rings (SSSR count). The minimum absolute atomic E-state index is 0.120. The van der Waals surface area contributed by atoms with Crippen molar-refractivity contribution in [2.45, 2.75) is 45.3 Å². The van der Waals surface area contributed by atoms with Gasteiger partial charge in [0.1, 0.15) is 0 Å². The molecule has 0 bridgehead atoms. The summed E-state index contributed by atoms with van der Waals surface area (Å²) >= 11 is 0. The summed E-state index contributed by atoms with van der Waals surface area (Å²) in [5, 5.41) is 23.7. The minimum atomic E-state index is -0.332. The van der Waals surface area contributed by atoms with Gasteiger partial charge in [-0.2, -0.15) is 0 Å². The lowest BCUT2D eigenvalue weighted by Gasteiger charge is -2.25. The lowest BCUT2D eigenvalue weighted by Crippen LogP contribution is -2.27. The monoisotopic (exact) mass is 278 g/mol. The second-order valence-corrected chi connectivity index (χ2v) is 5.62. The van der Waals surface area contributed by atoms with E-state index in [1.165, 1.54) is 0 Å². The number of nitro groups is 1. The summed E-state index contributed by atoms with van der Waals surface area (Å²) in [7, 11) is 0. The topological polar surface area (TPSA) is 75.4 Å². The SMILES string of the molecule is Cc1c(CNCC2CCC(O)CC2)cccc1[N+](=O)[O-]. The van der Waals surface area contributed by atoms with Gasteiger partial charge in [-0.1, -0.05) is 12.1 Å². The van der Waals surface area contributed by atoms with E-state index >= 15 is 0 Å². The lowest BCUT2D eigenvalue weighted by molar-refractivity contribution is -0.385. The number of hydrogen-bond donors (Lipinski definition) is 2. The Hall–Kier alpha value is -1.46. The molecule has 1 aliphatic rings. The average molecular weight is 278 g/mol. The average Bonchev–Trinajstić information content (AvgIpc) is 2.42. The molecule has 1 saturated carbocycles. The van der Waals surface area contributed by atoms with E-state index < -0.39 is 0 Å². The molecule has 1 aromatic carbocycles. The Bertz CT molecular complexity index is 468. The van der Waals surface area contributed by atoms with Crippen LogP contribution in [0.3, 0.4) is 0 Å². The van der Waals surface area contributed by atoms with Crippen LogP contribution in [-0.2, 0) is 6.54 Å². The van der Waals surface area contributed by atoms with Crippen molar-refractivity contribution in [2.75, 3.05) is 6.54 Å². The molecule has 0 atom stereocenters. The van der Waals surface area contributed by atoms with Gasteiger partial charge in [-0.3, -0.25) is 10.1 Å². The van der Waals surface area contributed by atoms with Crippen LogP contribution in [0.1, 0.15) is 36.8 Å². The number of hydrogen-bond acceptors (Lipinski definition) is 4. The van der Waals surface area contributed by atoms with E-state index in [1.807, 2.05) is 6.07 Å². The molecule has 0 saturated heterocycles. The van der Waals surface area contributed by atoms with Gasteiger partial charge in [0.15, 0.2) is 0 Å². The summed E-state index contributed by atoms with van der Waals surface area (Å²) in [6, 6.07) is 5.21. The van der Waals surface area contributed by atoms with Gasteiger partial charge < -0.3 is 10.4 Å². The van der Waals surface area contributed by atoms with Crippen LogP contribution in [0.4, 0.5) is 5.69 Å². The highest BCUT2D eigenvalue weighted by molar-refractivity contribution is 5.44. The van der Waals surface area contributed by atoms with E-state index in [-0.39, 0.29) is 16.7 Å². The van der Waals surface area contributed by atoms with Gasteiger partial charge in [-0.15, -0.1) is 0 Å². The van der Waals surface area contributed by atoms with Crippen LogP contribution in [0.2, 0.25) is 0 Å². The molecule has 0 unspecified atom stereocenters. The van der Waals surface area contributed by atoms with E-state index in [2.05, 4.69) is 5.32 Å². The van der Waals surface area contributed by atoms with Gasteiger partial charge in [0, 0.05) is 18.2 Å². The normalized spacial score (nSPS) is 22.7. The Labute approximate surface area is 119 Å². The number of aliphatic hydroxyl groups excluding tert-OH is 1. The Morgan fingerprint density at radius 1 is 1.35 bits per heavy atom. The summed E-state index contributed by atoms with van der Waals surface area (Å²) in [5.41, 5.74) is 1.91. The van der Waals surface area contributed by atoms with E-state index in [0.717, 1.165) is 43.4 Å². The van der Waals surface area contributed by atoms with Crippen LogP contribution < -0.4 is 5.32 Å². The highest BCUT2D eigenvalue weighted by Crippen LogP contribution is 2.24. The third-order valence-electron chi connectivity index (χ3n) is 4.18. The largest absolute Gasteiger partial charge is 0.393 e. The second kappa shape index (κ2) is 6.81. The molecule has 20 heavy (non-hydrogen) atoms. The molecule has 5 nitrogen and oxygen atoms in total. The molecule has 0 aromatic heterocycles. The molecule has 0 heterocycles. The van der Waals surface area contributed by atoms with Gasteiger partial charge in [0.25, 0.3) is 5.69 Å².